The molecule has 0 radical (unpaired) electrons. The first-order valence-electron chi connectivity index (χ1n) is 5.96. The van der Waals surface area contributed by atoms with Gasteiger partial charge in [-0.05, 0) is 26.4 Å². The normalized spacial score (nSPS) is 17.3. The monoisotopic (exact) mass is 308 g/mol. The molecule has 0 aliphatic carbocycles. The lowest BCUT2D eigenvalue weighted by Gasteiger charge is -2.31. The molecule has 1 rings (SSSR count). The Kier molecular flexibility index (Phi) is 11.7. The largest absolute Gasteiger partial charge is 0.473 e. The van der Waals surface area contributed by atoms with Gasteiger partial charge in [-0.15, -0.1) is 0 Å². The number of nitrogens with zero attached hydrogens (tertiary/aromatic N) is 1. The van der Waals surface area contributed by atoms with Crippen molar-refractivity contribution in [3.05, 3.63) is 0 Å². The first kappa shape index (κ1) is 21.1. The molecule has 0 amide bonds. The molecule has 0 aromatic carbocycles. The summed E-state index contributed by atoms with van der Waals surface area (Å²) in [6.07, 6.45) is 4.02. The van der Waals surface area contributed by atoms with Crippen molar-refractivity contribution >= 4 is 23.9 Å². The molecule has 0 aromatic rings. The van der Waals surface area contributed by atoms with Crippen LogP contribution in [0.1, 0.15) is 19.3 Å². The van der Waals surface area contributed by atoms with Crippen molar-refractivity contribution in [3.8, 4) is 0 Å². The number of hydrogen-bond donors (Lipinski definition) is 5. The van der Waals surface area contributed by atoms with Gasteiger partial charge in [0.1, 0.15) is 0 Å². The number of nitrogens with two attached hydrogens (primary N) is 1. The van der Waals surface area contributed by atoms with E-state index in [1.54, 1.807) is 0 Å². The first-order valence-corrected chi connectivity index (χ1v) is 5.96. The molecule has 122 valence electrons. The second-order valence-electron chi connectivity index (χ2n) is 4.09. The van der Waals surface area contributed by atoms with Crippen molar-refractivity contribution in [2.75, 3.05) is 20.1 Å². The zero-order chi connectivity index (χ0) is 17.0. The summed E-state index contributed by atoms with van der Waals surface area (Å²) in [5.74, 6) is -7.30. The summed E-state index contributed by atoms with van der Waals surface area (Å²) in [4.78, 5) is 38.8. The Balaban J connectivity index is 0. The molecule has 10 heteroatoms. The minimum atomic E-state index is -1.82. The van der Waals surface area contributed by atoms with E-state index in [4.69, 9.17) is 45.3 Å². The first-order chi connectivity index (χ1) is 9.63. The van der Waals surface area contributed by atoms with Crippen LogP contribution in [0.4, 0.5) is 0 Å². The summed E-state index contributed by atoms with van der Waals surface area (Å²) in [6, 6.07) is 0.666. The van der Waals surface area contributed by atoms with E-state index in [0.717, 1.165) is 6.54 Å². The minimum absolute atomic E-state index is 0.666. The van der Waals surface area contributed by atoms with Crippen LogP contribution >= 0.6 is 0 Å². The maximum absolute atomic E-state index is 9.10. The van der Waals surface area contributed by atoms with E-state index < -0.39 is 23.9 Å². The van der Waals surface area contributed by atoms with Gasteiger partial charge in [-0.3, -0.25) is 0 Å². The number of likely N-dealkylation sites (tertiary alicyclic amines) is 1. The minimum Gasteiger partial charge on any atom is -0.473 e. The Morgan fingerprint density at radius 3 is 1.52 bits per heavy atom. The van der Waals surface area contributed by atoms with Crippen LogP contribution in [0.3, 0.4) is 0 Å². The van der Waals surface area contributed by atoms with Crippen molar-refractivity contribution in [2.24, 2.45) is 5.73 Å². The molecule has 10 nitrogen and oxygen atoms in total. The van der Waals surface area contributed by atoms with E-state index in [1.807, 2.05) is 0 Å². The van der Waals surface area contributed by atoms with Gasteiger partial charge in [0, 0.05) is 12.6 Å². The molecule has 21 heavy (non-hydrogen) atoms. The fraction of sp³-hybridized carbons (Fsp3) is 0.636. The molecule has 1 unspecified atom stereocenters. The molecule has 1 fully saturated rings. The van der Waals surface area contributed by atoms with Crippen LogP contribution in [0.25, 0.3) is 0 Å². The van der Waals surface area contributed by atoms with Gasteiger partial charge in [0.2, 0.25) is 0 Å². The van der Waals surface area contributed by atoms with Gasteiger partial charge in [0.25, 0.3) is 0 Å². The number of carboxylic acids is 4. The summed E-state index contributed by atoms with van der Waals surface area (Å²) < 4.78 is 0. The van der Waals surface area contributed by atoms with Crippen LogP contribution in [0.15, 0.2) is 0 Å². The molecule has 1 aliphatic heterocycles. The summed E-state index contributed by atoms with van der Waals surface area (Å²) in [7, 11) is 2.16. The van der Waals surface area contributed by atoms with Gasteiger partial charge in [-0.25, -0.2) is 19.2 Å². The number of carbonyl (C=O) groups is 4. The van der Waals surface area contributed by atoms with Crippen LogP contribution in [-0.2, 0) is 19.2 Å². The number of carboxylic acid groups (broad SMARTS) is 4. The number of piperidine rings is 1. The topological polar surface area (TPSA) is 178 Å². The van der Waals surface area contributed by atoms with Gasteiger partial charge in [0.15, 0.2) is 0 Å². The average Bonchev–Trinajstić information content (AvgIpc) is 2.40. The van der Waals surface area contributed by atoms with Gasteiger partial charge in [-0.1, -0.05) is 6.42 Å². The summed E-state index contributed by atoms with van der Waals surface area (Å²) >= 11 is 0. The van der Waals surface area contributed by atoms with Crippen LogP contribution in [-0.4, -0.2) is 75.4 Å². The molecule has 0 bridgehead atoms. The zero-order valence-corrected chi connectivity index (χ0v) is 11.6. The smallest absolute Gasteiger partial charge is 0.414 e. The molecular formula is C11H20N2O8. The van der Waals surface area contributed by atoms with E-state index >= 15 is 0 Å². The lowest BCUT2D eigenvalue weighted by Crippen LogP contribution is -2.41. The van der Waals surface area contributed by atoms with E-state index in [2.05, 4.69) is 11.9 Å². The maximum atomic E-state index is 9.10. The van der Waals surface area contributed by atoms with Crippen molar-refractivity contribution in [3.63, 3.8) is 0 Å². The number of likely N-dealkylation sites (N-methyl/N-ethyl adjacent to an activating group) is 1. The second kappa shape index (κ2) is 11.6. The highest BCUT2D eigenvalue weighted by molar-refractivity contribution is 6.27. The third-order valence-corrected chi connectivity index (χ3v) is 2.56. The molecule has 1 saturated heterocycles. The molecule has 1 atom stereocenters. The quantitative estimate of drug-likeness (QED) is 0.367. The standard InChI is InChI=1S/C7H16N2.2C2H2O4/c1-9-5-3-2-4-7(9)6-8;2*3-1(4)2(5)6/h7H,2-6,8H2,1H3;2*(H,3,4)(H,5,6). The van der Waals surface area contributed by atoms with Crippen molar-refractivity contribution < 1.29 is 39.6 Å². The Morgan fingerprint density at radius 2 is 1.33 bits per heavy atom. The van der Waals surface area contributed by atoms with Crippen LogP contribution < -0.4 is 5.73 Å². The van der Waals surface area contributed by atoms with Crippen LogP contribution in [0, 0.1) is 0 Å². The number of rotatable bonds is 1. The third kappa shape index (κ3) is 12.6. The van der Waals surface area contributed by atoms with E-state index in [0.29, 0.717) is 6.04 Å². The number of aliphatic carboxylic acids is 4. The van der Waals surface area contributed by atoms with Gasteiger partial charge < -0.3 is 31.1 Å². The lowest BCUT2D eigenvalue weighted by atomic mass is 10.0. The predicted octanol–water partition coefficient (Wildman–Crippen LogP) is -1.26. The Bertz CT molecular complexity index is 323. The summed E-state index contributed by atoms with van der Waals surface area (Å²) in [5.41, 5.74) is 5.55. The van der Waals surface area contributed by atoms with E-state index in [9.17, 15) is 0 Å². The fourth-order valence-corrected chi connectivity index (χ4v) is 1.44. The highest BCUT2D eigenvalue weighted by Gasteiger charge is 2.15. The summed E-state index contributed by atoms with van der Waals surface area (Å²) in [6.45, 7) is 2.07. The highest BCUT2D eigenvalue weighted by Crippen LogP contribution is 2.12. The lowest BCUT2D eigenvalue weighted by molar-refractivity contribution is -0.159. The van der Waals surface area contributed by atoms with Crippen LogP contribution in [0.5, 0.6) is 0 Å². The predicted molar refractivity (Wildman–Crippen MR) is 69.9 cm³/mol. The molecule has 0 aromatic heterocycles. The fourth-order valence-electron chi connectivity index (χ4n) is 1.44. The van der Waals surface area contributed by atoms with Crippen molar-refractivity contribution in [1.82, 2.24) is 4.90 Å². The summed E-state index contributed by atoms with van der Waals surface area (Å²) in [5, 5.41) is 29.6. The van der Waals surface area contributed by atoms with E-state index in [-0.39, 0.29) is 0 Å². The van der Waals surface area contributed by atoms with Crippen LogP contribution in [0.2, 0.25) is 0 Å². The SMILES string of the molecule is CN1CCCCC1CN.O=C(O)C(=O)O.O=C(O)C(=O)O. The maximum Gasteiger partial charge on any atom is 0.414 e. The van der Waals surface area contributed by atoms with E-state index in [1.165, 1.54) is 25.8 Å². The zero-order valence-electron chi connectivity index (χ0n) is 11.6. The molecule has 1 aliphatic rings. The average molecular weight is 308 g/mol. The van der Waals surface area contributed by atoms with Crippen molar-refractivity contribution in [1.29, 1.82) is 0 Å². The Hall–Kier alpha value is -2.20. The van der Waals surface area contributed by atoms with Gasteiger partial charge >= 0.3 is 23.9 Å². The highest BCUT2D eigenvalue weighted by atomic mass is 16.4. The molecule has 0 saturated carbocycles. The second-order valence-corrected chi connectivity index (χ2v) is 4.09. The molecular weight excluding hydrogens is 288 g/mol. The molecule has 6 N–H and O–H groups in total. The molecule has 0 spiro atoms. The third-order valence-electron chi connectivity index (χ3n) is 2.56. The number of hydrogen-bond acceptors (Lipinski definition) is 6. The van der Waals surface area contributed by atoms with Gasteiger partial charge in [0.05, 0.1) is 0 Å². The van der Waals surface area contributed by atoms with Crippen molar-refractivity contribution in [2.45, 2.75) is 25.3 Å². The Labute approximate surface area is 120 Å². The van der Waals surface area contributed by atoms with Gasteiger partial charge in [-0.2, -0.15) is 0 Å². The Morgan fingerprint density at radius 1 is 0.952 bits per heavy atom. The molecule has 1 heterocycles.